The van der Waals surface area contributed by atoms with Crippen LogP contribution in [0.15, 0.2) is 16.8 Å². The average Bonchev–Trinajstić information content (AvgIpc) is 2.10. The van der Waals surface area contributed by atoms with Gasteiger partial charge in [0.05, 0.1) is 11.8 Å². The second kappa shape index (κ2) is 7.54. The van der Waals surface area contributed by atoms with Gasteiger partial charge in [-0.2, -0.15) is 0 Å². The predicted octanol–water partition coefficient (Wildman–Crippen LogP) is 2.63. The lowest BCUT2D eigenvalue weighted by molar-refractivity contribution is 0.516. The van der Waals surface area contributed by atoms with E-state index in [0.29, 0.717) is 16.9 Å². The maximum Gasteiger partial charge on any atom is 0.126 e. The quantitative estimate of drug-likeness (QED) is 0.543. The van der Waals surface area contributed by atoms with E-state index >= 15 is 0 Å². The molecule has 0 aromatic heterocycles. The van der Waals surface area contributed by atoms with Crippen molar-refractivity contribution in [3.05, 3.63) is 11.8 Å². The van der Waals surface area contributed by atoms with E-state index in [-0.39, 0.29) is 0 Å². The molecule has 0 aromatic carbocycles. The summed E-state index contributed by atoms with van der Waals surface area (Å²) in [4.78, 5) is 6.02. The largest absolute Gasteiger partial charge is 0.380 e. The van der Waals surface area contributed by atoms with Crippen molar-refractivity contribution in [2.75, 3.05) is 32.1 Å². The van der Waals surface area contributed by atoms with Crippen molar-refractivity contribution in [3.63, 3.8) is 0 Å². The van der Waals surface area contributed by atoms with Crippen molar-refractivity contribution in [2.45, 2.75) is 0 Å². The Balaban J connectivity index is 4.32. The first-order chi connectivity index (χ1) is 6.11. The Morgan fingerprint density at radius 3 is 2.54 bits per heavy atom. The number of rotatable bonds is 5. The van der Waals surface area contributed by atoms with E-state index in [2.05, 4.69) is 4.99 Å². The first-order valence-electron chi connectivity index (χ1n) is 3.74. The van der Waals surface area contributed by atoms with Crippen molar-refractivity contribution in [3.8, 4) is 0 Å². The zero-order valence-electron chi connectivity index (χ0n) is 8.05. The first kappa shape index (κ1) is 13.1. The van der Waals surface area contributed by atoms with Crippen LogP contribution in [0.4, 0.5) is 0 Å². The van der Waals surface area contributed by atoms with Gasteiger partial charge in [-0.1, -0.05) is 11.6 Å². The average molecular weight is 241 g/mol. The SMILES string of the molecule is CSCN=C(Cl)C=C(CCl)N(C)C. The topological polar surface area (TPSA) is 15.6 Å². The van der Waals surface area contributed by atoms with E-state index in [9.17, 15) is 0 Å². The number of nitrogens with zero attached hydrogens (tertiary/aromatic N) is 2. The molecule has 0 aliphatic heterocycles. The molecule has 0 aromatic rings. The number of allylic oxidation sites excluding steroid dienone is 2. The lowest BCUT2D eigenvalue weighted by Crippen LogP contribution is -2.13. The van der Waals surface area contributed by atoms with Gasteiger partial charge in [0, 0.05) is 19.8 Å². The molecule has 76 valence electrons. The van der Waals surface area contributed by atoms with Crippen molar-refractivity contribution in [2.24, 2.45) is 4.99 Å². The Kier molecular flexibility index (Phi) is 7.62. The van der Waals surface area contributed by atoms with Crippen LogP contribution in [0.5, 0.6) is 0 Å². The first-order valence-corrected chi connectivity index (χ1v) is 6.05. The molecule has 5 heteroatoms. The van der Waals surface area contributed by atoms with Gasteiger partial charge in [-0.25, -0.2) is 0 Å². The van der Waals surface area contributed by atoms with E-state index in [0.717, 1.165) is 5.70 Å². The smallest absolute Gasteiger partial charge is 0.126 e. The third kappa shape index (κ3) is 6.24. The molecule has 0 unspecified atom stereocenters. The van der Waals surface area contributed by atoms with Crippen LogP contribution in [0.25, 0.3) is 0 Å². The Morgan fingerprint density at radius 2 is 2.15 bits per heavy atom. The molecule has 0 rings (SSSR count). The molecular formula is C8H14Cl2N2S. The minimum Gasteiger partial charge on any atom is -0.380 e. The third-order valence-corrected chi connectivity index (χ3v) is 2.23. The molecule has 0 amide bonds. The fraction of sp³-hybridized carbons (Fsp3) is 0.625. The minimum atomic E-state index is 0.442. The van der Waals surface area contributed by atoms with Gasteiger partial charge in [0.2, 0.25) is 0 Å². The molecule has 0 atom stereocenters. The zero-order valence-corrected chi connectivity index (χ0v) is 10.4. The molecule has 0 N–H and O–H groups in total. The molecule has 0 saturated heterocycles. The van der Waals surface area contributed by atoms with E-state index < -0.39 is 0 Å². The van der Waals surface area contributed by atoms with E-state index in [1.165, 1.54) is 0 Å². The predicted molar refractivity (Wildman–Crippen MR) is 64.2 cm³/mol. The number of thioether (sulfide) groups is 1. The second-order valence-corrected chi connectivity index (χ2v) is 4.05. The molecule has 0 radical (unpaired) electrons. The van der Waals surface area contributed by atoms with Gasteiger partial charge in [-0.3, -0.25) is 4.99 Å². The molecule has 0 saturated carbocycles. The Hall–Kier alpha value is 0.140. The van der Waals surface area contributed by atoms with E-state index in [1.54, 1.807) is 17.8 Å². The highest BCUT2D eigenvalue weighted by molar-refractivity contribution is 7.98. The van der Waals surface area contributed by atoms with Crippen LogP contribution < -0.4 is 0 Å². The van der Waals surface area contributed by atoms with Gasteiger partial charge in [-0.05, 0) is 12.3 Å². The van der Waals surface area contributed by atoms with Gasteiger partial charge in [0.15, 0.2) is 0 Å². The summed E-state index contributed by atoms with van der Waals surface area (Å²) in [7, 11) is 3.85. The molecule has 0 heterocycles. The van der Waals surface area contributed by atoms with Crippen LogP contribution in [0.1, 0.15) is 0 Å². The summed E-state index contributed by atoms with van der Waals surface area (Å²) in [5.74, 6) is 1.12. The van der Waals surface area contributed by atoms with Gasteiger partial charge < -0.3 is 4.90 Å². The highest BCUT2D eigenvalue weighted by Gasteiger charge is 1.98. The maximum atomic E-state index is 5.85. The van der Waals surface area contributed by atoms with E-state index in [4.69, 9.17) is 23.2 Å². The van der Waals surface area contributed by atoms with Crippen LogP contribution in [-0.4, -0.2) is 42.2 Å². The van der Waals surface area contributed by atoms with Crippen molar-refractivity contribution in [1.82, 2.24) is 4.90 Å². The second-order valence-electron chi connectivity index (χ2n) is 2.56. The summed E-state index contributed by atoms with van der Waals surface area (Å²) >= 11 is 13.2. The van der Waals surface area contributed by atoms with Crippen molar-refractivity contribution < 1.29 is 0 Å². The highest BCUT2D eigenvalue weighted by atomic mass is 35.5. The summed E-state index contributed by atoms with van der Waals surface area (Å²) in [6.45, 7) is 0. The summed E-state index contributed by atoms with van der Waals surface area (Å²) < 4.78 is 0. The minimum absolute atomic E-state index is 0.442. The van der Waals surface area contributed by atoms with Crippen molar-refractivity contribution >= 4 is 40.1 Å². The number of hydrogen-bond donors (Lipinski definition) is 0. The third-order valence-electron chi connectivity index (χ3n) is 1.34. The summed E-state index contributed by atoms with van der Waals surface area (Å²) in [6.07, 6.45) is 3.76. The van der Waals surface area contributed by atoms with Crippen LogP contribution in [0.3, 0.4) is 0 Å². The van der Waals surface area contributed by atoms with Gasteiger partial charge in [0.1, 0.15) is 5.17 Å². The molecule has 2 nitrogen and oxygen atoms in total. The fourth-order valence-corrected chi connectivity index (χ4v) is 1.44. The van der Waals surface area contributed by atoms with Gasteiger partial charge in [0.25, 0.3) is 0 Å². The number of hydrogen-bond acceptors (Lipinski definition) is 3. The standard InChI is InChI=1S/C8H14Cl2N2S/c1-12(2)7(5-9)4-8(10)11-6-13-3/h4H,5-6H2,1-3H3. The Morgan fingerprint density at radius 1 is 1.54 bits per heavy atom. The maximum absolute atomic E-state index is 5.85. The van der Waals surface area contributed by atoms with Gasteiger partial charge in [-0.15, -0.1) is 23.4 Å². The summed E-state index contributed by atoms with van der Waals surface area (Å²) in [5, 5.41) is 0.499. The number of halogens is 2. The molecular weight excluding hydrogens is 227 g/mol. The summed E-state index contributed by atoms with van der Waals surface area (Å²) in [6, 6.07) is 0. The van der Waals surface area contributed by atoms with Gasteiger partial charge >= 0.3 is 0 Å². The fourth-order valence-electron chi connectivity index (χ4n) is 0.597. The number of alkyl halides is 1. The molecule has 0 aliphatic carbocycles. The lowest BCUT2D eigenvalue weighted by atomic mass is 10.4. The molecule has 0 fully saturated rings. The highest BCUT2D eigenvalue weighted by Crippen LogP contribution is 2.04. The van der Waals surface area contributed by atoms with Crippen LogP contribution in [0, 0.1) is 0 Å². The molecule has 0 bridgehead atoms. The molecule has 0 spiro atoms. The Labute approximate surface area is 94.0 Å². The van der Waals surface area contributed by atoms with Crippen LogP contribution >= 0.6 is 35.0 Å². The zero-order chi connectivity index (χ0) is 10.3. The monoisotopic (exact) mass is 240 g/mol. The molecule has 13 heavy (non-hydrogen) atoms. The number of aliphatic imine (C=N–C) groups is 1. The normalized spacial score (nSPS) is 13.3. The van der Waals surface area contributed by atoms with E-state index in [1.807, 2.05) is 25.3 Å². The van der Waals surface area contributed by atoms with Crippen molar-refractivity contribution in [1.29, 1.82) is 0 Å². The summed E-state index contributed by atoms with van der Waals surface area (Å²) in [5.41, 5.74) is 0.955. The lowest BCUT2D eigenvalue weighted by Gasteiger charge is -2.13. The van der Waals surface area contributed by atoms with Crippen LogP contribution in [0.2, 0.25) is 0 Å². The molecule has 0 aliphatic rings. The Bertz CT molecular complexity index is 202. The van der Waals surface area contributed by atoms with Crippen LogP contribution in [-0.2, 0) is 0 Å².